The van der Waals surface area contributed by atoms with Gasteiger partial charge in [-0.3, -0.25) is 14.5 Å². The Balaban J connectivity index is 1.49. The number of hydrogen-bond donors (Lipinski definition) is 0. The molecule has 2 amide bonds. The van der Waals surface area contributed by atoms with Gasteiger partial charge in [0.2, 0.25) is 11.8 Å². The predicted octanol–water partition coefficient (Wildman–Crippen LogP) is 2.48. The Morgan fingerprint density at radius 2 is 1.65 bits per heavy atom. The van der Waals surface area contributed by atoms with Crippen LogP contribution in [0.4, 0.5) is 0 Å². The number of ether oxygens (including phenoxy) is 2. The number of aryl methyl sites for hydroxylation is 1. The summed E-state index contributed by atoms with van der Waals surface area (Å²) >= 11 is 0. The van der Waals surface area contributed by atoms with Crippen molar-refractivity contribution in [3.63, 3.8) is 0 Å². The van der Waals surface area contributed by atoms with Crippen molar-refractivity contribution >= 4 is 17.8 Å². The summed E-state index contributed by atoms with van der Waals surface area (Å²) in [6.45, 7) is 3.83. The minimum absolute atomic E-state index is 0.0696. The van der Waals surface area contributed by atoms with Gasteiger partial charge in [-0.15, -0.1) is 0 Å². The van der Waals surface area contributed by atoms with Crippen molar-refractivity contribution in [3.05, 3.63) is 29.8 Å². The van der Waals surface area contributed by atoms with E-state index in [0.29, 0.717) is 5.75 Å². The van der Waals surface area contributed by atoms with Crippen LogP contribution >= 0.6 is 0 Å². The molecule has 1 aliphatic carbocycles. The summed E-state index contributed by atoms with van der Waals surface area (Å²) in [6.07, 6.45) is 3.39. The van der Waals surface area contributed by atoms with Crippen LogP contribution in [-0.2, 0) is 19.1 Å². The summed E-state index contributed by atoms with van der Waals surface area (Å²) < 4.78 is 10.7. The van der Waals surface area contributed by atoms with Crippen molar-refractivity contribution in [2.45, 2.75) is 45.6 Å². The van der Waals surface area contributed by atoms with E-state index in [1.807, 2.05) is 31.2 Å². The normalized spacial score (nSPS) is 23.5. The Morgan fingerprint density at radius 1 is 1.08 bits per heavy atom. The number of benzene rings is 1. The first-order valence-corrected chi connectivity index (χ1v) is 9.22. The molecule has 0 radical (unpaired) electrons. The summed E-state index contributed by atoms with van der Waals surface area (Å²) in [5.74, 6) is -0.820. The molecule has 1 saturated heterocycles. The Morgan fingerprint density at radius 3 is 2.23 bits per heavy atom. The van der Waals surface area contributed by atoms with E-state index in [2.05, 4.69) is 0 Å². The molecule has 1 heterocycles. The van der Waals surface area contributed by atoms with Gasteiger partial charge in [-0.25, -0.2) is 4.79 Å². The molecule has 0 aromatic heterocycles. The third-order valence-electron chi connectivity index (χ3n) is 5.22. The number of carbonyl (C=O) groups excluding carboxylic acids is 3. The van der Waals surface area contributed by atoms with Crippen LogP contribution in [0.25, 0.3) is 0 Å². The average molecular weight is 359 g/mol. The van der Waals surface area contributed by atoms with Crippen LogP contribution < -0.4 is 4.74 Å². The highest BCUT2D eigenvalue weighted by atomic mass is 16.6. The molecule has 26 heavy (non-hydrogen) atoms. The largest absolute Gasteiger partial charge is 0.490 e. The first kappa shape index (κ1) is 18.4. The van der Waals surface area contributed by atoms with E-state index in [9.17, 15) is 14.4 Å². The predicted molar refractivity (Wildman–Crippen MR) is 94.4 cm³/mol. The Bertz CT molecular complexity index is 660. The molecule has 3 rings (SSSR count). The molecular formula is C20H25NO5. The number of carbonyl (C=O) groups is 3. The zero-order chi connectivity index (χ0) is 18.7. The number of hydrogen-bond acceptors (Lipinski definition) is 5. The molecule has 6 heteroatoms. The fraction of sp³-hybridized carbons (Fsp3) is 0.550. The van der Waals surface area contributed by atoms with Gasteiger partial charge in [0.25, 0.3) is 0 Å². The highest BCUT2D eigenvalue weighted by Gasteiger charge is 2.51. The van der Waals surface area contributed by atoms with E-state index in [1.54, 1.807) is 6.92 Å². The topological polar surface area (TPSA) is 72.9 Å². The van der Waals surface area contributed by atoms with Gasteiger partial charge in [-0.05, 0) is 38.8 Å². The Labute approximate surface area is 153 Å². The maximum Gasteiger partial charge on any atom is 0.329 e. The highest BCUT2D eigenvalue weighted by molar-refractivity contribution is 6.07. The second-order valence-corrected chi connectivity index (χ2v) is 7.05. The summed E-state index contributed by atoms with van der Waals surface area (Å²) in [6, 6.07) is 6.69. The number of rotatable bonds is 6. The van der Waals surface area contributed by atoms with Gasteiger partial charge in [0.1, 0.15) is 25.0 Å². The number of nitrogens with zero attached hydrogens (tertiary/aromatic N) is 1. The van der Waals surface area contributed by atoms with Gasteiger partial charge < -0.3 is 9.47 Å². The monoisotopic (exact) mass is 359 g/mol. The number of imide groups is 1. The summed E-state index contributed by atoms with van der Waals surface area (Å²) in [4.78, 5) is 38.4. The SMILES string of the molecule is Cc1ccc(OCCOC(=O)[C@H](C)N2C(=O)C3CCCCC3C2=O)cc1. The second kappa shape index (κ2) is 7.89. The lowest BCUT2D eigenvalue weighted by atomic mass is 9.81. The minimum atomic E-state index is -0.889. The molecule has 0 spiro atoms. The van der Waals surface area contributed by atoms with E-state index in [1.165, 1.54) is 0 Å². The van der Waals surface area contributed by atoms with Crippen LogP contribution in [0.1, 0.15) is 38.2 Å². The molecule has 2 unspecified atom stereocenters. The molecule has 2 fully saturated rings. The van der Waals surface area contributed by atoms with Crippen LogP contribution in [-0.4, -0.2) is 41.9 Å². The molecular weight excluding hydrogens is 334 g/mol. The standard InChI is InChI=1S/C20H25NO5/c1-13-7-9-15(10-8-13)25-11-12-26-20(24)14(2)21-18(22)16-5-3-4-6-17(16)19(21)23/h7-10,14,16-17H,3-6,11-12H2,1-2H3/t14-,16?,17?/m0/s1. The lowest BCUT2D eigenvalue weighted by Gasteiger charge is -2.21. The first-order valence-electron chi connectivity index (χ1n) is 9.22. The number of esters is 1. The van der Waals surface area contributed by atoms with Gasteiger partial charge in [0.05, 0.1) is 11.8 Å². The summed E-state index contributed by atoms with van der Waals surface area (Å²) in [5, 5.41) is 0. The van der Waals surface area contributed by atoms with Crippen LogP contribution in [0.5, 0.6) is 5.75 Å². The van der Waals surface area contributed by atoms with E-state index >= 15 is 0 Å². The maximum atomic E-state index is 12.5. The zero-order valence-corrected chi connectivity index (χ0v) is 15.3. The molecule has 1 aromatic rings. The number of amides is 2. The van der Waals surface area contributed by atoms with Crippen molar-refractivity contribution in [1.29, 1.82) is 0 Å². The van der Waals surface area contributed by atoms with Crippen molar-refractivity contribution in [2.75, 3.05) is 13.2 Å². The van der Waals surface area contributed by atoms with E-state index in [0.717, 1.165) is 36.1 Å². The molecule has 1 aliphatic heterocycles. The lowest BCUT2D eigenvalue weighted by Crippen LogP contribution is -2.44. The van der Waals surface area contributed by atoms with Gasteiger partial charge in [0.15, 0.2) is 0 Å². The minimum Gasteiger partial charge on any atom is -0.490 e. The number of likely N-dealkylation sites (tertiary alicyclic amines) is 1. The molecule has 2 aliphatic rings. The second-order valence-electron chi connectivity index (χ2n) is 7.05. The summed E-state index contributed by atoms with van der Waals surface area (Å²) in [7, 11) is 0. The van der Waals surface area contributed by atoms with Crippen LogP contribution in [0.15, 0.2) is 24.3 Å². The van der Waals surface area contributed by atoms with Crippen molar-refractivity contribution < 1.29 is 23.9 Å². The first-order chi connectivity index (χ1) is 12.5. The fourth-order valence-electron chi connectivity index (χ4n) is 3.73. The van der Waals surface area contributed by atoms with Gasteiger partial charge in [0, 0.05) is 0 Å². The van der Waals surface area contributed by atoms with E-state index in [-0.39, 0.29) is 36.9 Å². The van der Waals surface area contributed by atoms with Gasteiger partial charge >= 0.3 is 5.97 Å². The van der Waals surface area contributed by atoms with Gasteiger partial charge in [-0.1, -0.05) is 30.5 Å². The average Bonchev–Trinajstić information content (AvgIpc) is 2.90. The maximum absolute atomic E-state index is 12.5. The third kappa shape index (κ3) is 3.74. The lowest BCUT2D eigenvalue weighted by molar-refractivity contribution is -0.158. The fourth-order valence-corrected chi connectivity index (χ4v) is 3.73. The molecule has 0 N–H and O–H groups in total. The molecule has 6 nitrogen and oxygen atoms in total. The number of fused-ring (bicyclic) bond motifs is 1. The highest BCUT2D eigenvalue weighted by Crippen LogP contribution is 2.38. The van der Waals surface area contributed by atoms with Crippen LogP contribution in [0.3, 0.4) is 0 Å². The quantitative estimate of drug-likeness (QED) is 0.443. The van der Waals surface area contributed by atoms with Crippen molar-refractivity contribution in [1.82, 2.24) is 4.90 Å². The summed E-state index contributed by atoms with van der Waals surface area (Å²) in [5.41, 5.74) is 1.14. The van der Waals surface area contributed by atoms with E-state index in [4.69, 9.17) is 9.47 Å². The third-order valence-corrected chi connectivity index (χ3v) is 5.22. The van der Waals surface area contributed by atoms with Crippen LogP contribution in [0, 0.1) is 18.8 Å². The molecule has 1 aromatic carbocycles. The molecule has 0 bridgehead atoms. The molecule has 1 saturated carbocycles. The Hall–Kier alpha value is -2.37. The smallest absolute Gasteiger partial charge is 0.329 e. The molecule has 140 valence electrons. The van der Waals surface area contributed by atoms with Crippen molar-refractivity contribution in [2.24, 2.45) is 11.8 Å². The van der Waals surface area contributed by atoms with Crippen molar-refractivity contribution in [3.8, 4) is 5.75 Å². The zero-order valence-electron chi connectivity index (χ0n) is 15.3. The van der Waals surface area contributed by atoms with Crippen LogP contribution in [0.2, 0.25) is 0 Å². The molecule has 3 atom stereocenters. The Kier molecular flexibility index (Phi) is 5.59. The van der Waals surface area contributed by atoms with Gasteiger partial charge in [-0.2, -0.15) is 0 Å². The van der Waals surface area contributed by atoms with E-state index < -0.39 is 12.0 Å².